The fourth-order valence-electron chi connectivity index (χ4n) is 4.16. The Morgan fingerprint density at radius 3 is 2.53 bits per heavy atom. The van der Waals surface area contributed by atoms with Crippen molar-refractivity contribution in [2.45, 2.75) is 31.9 Å². The number of aromatic nitrogens is 1. The highest BCUT2D eigenvalue weighted by Gasteiger charge is 2.16. The van der Waals surface area contributed by atoms with E-state index in [1.807, 2.05) is 48.7 Å². The summed E-state index contributed by atoms with van der Waals surface area (Å²) in [6.07, 6.45) is 8.86. The van der Waals surface area contributed by atoms with Gasteiger partial charge in [-0.2, -0.15) is 0 Å². The molecule has 1 N–H and O–H groups in total. The molecule has 0 bridgehead atoms. The molecule has 0 radical (unpaired) electrons. The van der Waals surface area contributed by atoms with Crippen molar-refractivity contribution >= 4 is 38.7 Å². The van der Waals surface area contributed by atoms with Gasteiger partial charge in [0.2, 0.25) is 0 Å². The standard InChI is InChI=1S/C25H27BrN2O2/c26-21-11-8-19(9-12-21)25(30)13-10-20-16-28(24-7-3-2-6-23(20)24)18-22(29)17-27-14-4-1-5-15-27/h2-3,6-13,16,22,29H,1,4-5,14-15,17-18H2/b13-10+. The number of β-amino-alcohol motifs (C(OH)–C–C–N with tert-alkyl or cyclic N) is 1. The lowest BCUT2D eigenvalue weighted by molar-refractivity contribution is 0.0892. The zero-order chi connectivity index (χ0) is 20.9. The number of aliphatic hydroxyl groups excluding tert-OH is 1. The molecule has 156 valence electrons. The Morgan fingerprint density at radius 2 is 1.77 bits per heavy atom. The lowest BCUT2D eigenvalue weighted by Gasteiger charge is -2.28. The maximum atomic E-state index is 12.5. The van der Waals surface area contributed by atoms with Gasteiger partial charge in [0.25, 0.3) is 0 Å². The van der Waals surface area contributed by atoms with Crippen LogP contribution in [-0.2, 0) is 6.54 Å². The number of halogens is 1. The van der Waals surface area contributed by atoms with Crippen LogP contribution in [0.4, 0.5) is 0 Å². The van der Waals surface area contributed by atoms with Crippen molar-refractivity contribution in [1.82, 2.24) is 9.47 Å². The molecule has 5 heteroatoms. The van der Waals surface area contributed by atoms with Gasteiger partial charge in [0.05, 0.1) is 6.10 Å². The first kappa shape index (κ1) is 21.0. The van der Waals surface area contributed by atoms with Gasteiger partial charge in [-0.05, 0) is 68.4 Å². The molecular weight excluding hydrogens is 440 g/mol. The Bertz CT molecular complexity index is 1030. The molecule has 0 spiro atoms. The zero-order valence-corrected chi connectivity index (χ0v) is 18.6. The summed E-state index contributed by atoms with van der Waals surface area (Å²) in [7, 11) is 0. The maximum Gasteiger partial charge on any atom is 0.185 e. The van der Waals surface area contributed by atoms with E-state index in [1.54, 1.807) is 6.08 Å². The average molecular weight is 467 g/mol. The van der Waals surface area contributed by atoms with Gasteiger partial charge in [0, 0.05) is 45.8 Å². The summed E-state index contributed by atoms with van der Waals surface area (Å²) < 4.78 is 3.06. The first-order valence-electron chi connectivity index (χ1n) is 10.6. The molecule has 1 saturated heterocycles. The molecule has 1 atom stereocenters. The fourth-order valence-corrected chi connectivity index (χ4v) is 4.42. The molecule has 1 aliphatic heterocycles. The zero-order valence-electron chi connectivity index (χ0n) is 17.0. The number of hydrogen-bond acceptors (Lipinski definition) is 3. The van der Waals surface area contributed by atoms with Crippen LogP contribution in [-0.4, -0.2) is 46.1 Å². The van der Waals surface area contributed by atoms with Crippen molar-refractivity contribution in [2.24, 2.45) is 0 Å². The van der Waals surface area contributed by atoms with Crippen LogP contribution in [0.25, 0.3) is 17.0 Å². The first-order chi connectivity index (χ1) is 14.6. The van der Waals surface area contributed by atoms with Gasteiger partial charge in [-0.25, -0.2) is 0 Å². The molecule has 0 aliphatic carbocycles. The number of fused-ring (bicyclic) bond motifs is 1. The Hall–Kier alpha value is -2.21. The topological polar surface area (TPSA) is 45.5 Å². The van der Waals surface area contributed by atoms with Gasteiger partial charge in [0.1, 0.15) is 0 Å². The van der Waals surface area contributed by atoms with Gasteiger partial charge in [0.15, 0.2) is 5.78 Å². The summed E-state index contributed by atoms with van der Waals surface area (Å²) in [5.74, 6) is -0.0236. The van der Waals surface area contributed by atoms with Crippen LogP contribution in [0.3, 0.4) is 0 Å². The van der Waals surface area contributed by atoms with Crippen molar-refractivity contribution in [3.05, 3.63) is 76.4 Å². The van der Waals surface area contributed by atoms with Crippen LogP contribution in [0.5, 0.6) is 0 Å². The molecule has 30 heavy (non-hydrogen) atoms. The predicted molar refractivity (Wildman–Crippen MR) is 126 cm³/mol. The van der Waals surface area contributed by atoms with Crippen LogP contribution in [0.1, 0.15) is 35.2 Å². The van der Waals surface area contributed by atoms with Gasteiger partial charge in [-0.1, -0.05) is 40.5 Å². The molecule has 2 aromatic carbocycles. The van der Waals surface area contributed by atoms with Crippen molar-refractivity contribution in [3.8, 4) is 0 Å². The van der Waals surface area contributed by atoms with E-state index in [4.69, 9.17) is 0 Å². The number of nitrogens with zero attached hydrogens (tertiary/aromatic N) is 2. The number of para-hydroxylation sites is 1. The molecule has 1 aliphatic rings. The summed E-state index contributed by atoms with van der Waals surface area (Å²) in [6, 6.07) is 15.5. The minimum absolute atomic E-state index is 0.0236. The molecule has 1 fully saturated rings. The highest BCUT2D eigenvalue weighted by atomic mass is 79.9. The summed E-state index contributed by atoms with van der Waals surface area (Å²) in [5, 5.41) is 11.8. The number of piperidine rings is 1. The minimum Gasteiger partial charge on any atom is -0.390 e. The first-order valence-corrected chi connectivity index (χ1v) is 11.4. The average Bonchev–Trinajstić information content (AvgIpc) is 3.10. The van der Waals surface area contributed by atoms with E-state index in [0.717, 1.165) is 34.0 Å². The second-order valence-corrected chi connectivity index (χ2v) is 8.89. The van der Waals surface area contributed by atoms with Crippen molar-refractivity contribution in [2.75, 3.05) is 19.6 Å². The molecular formula is C25H27BrN2O2. The summed E-state index contributed by atoms with van der Waals surface area (Å²) in [6.45, 7) is 3.41. The van der Waals surface area contributed by atoms with Crippen LogP contribution >= 0.6 is 15.9 Å². The number of rotatable bonds is 7. The minimum atomic E-state index is -0.417. The monoisotopic (exact) mass is 466 g/mol. The van der Waals surface area contributed by atoms with E-state index in [0.29, 0.717) is 18.7 Å². The third-order valence-electron chi connectivity index (χ3n) is 5.69. The highest BCUT2D eigenvalue weighted by molar-refractivity contribution is 9.10. The molecule has 0 amide bonds. The molecule has 1 unspecified atom stereocenters. The van der Waals surface area contributed by atoms with Gasteiger partial charge in [-0.15, -0.1) is 0 Å². The van der Waals surface area contributed by atoms with Gasteiger partial charge < -0.3 is 14.6 Å². The number of allylic oxidation sites excluding steroid dienone is 1. The predicted octanol–water partition coefficient (Wildman–Crippen LogP) is 5.15. The largest absolute Gasteiger partial charge is 0.390 e. The Morgan fingerprint density at radius 1 is 1.03 bits per heavy atom. The van der Waals surface area contributed by atoms with Gasteiger partial charge >= 0.3 is 0 Å². The SMILES string of the molecule is O=C(/C=C/c1cn(CC(O)CN2CCCCC2)c2ccccc12)c1ccc(Br)cc1. The lowest BCUT2D eigenvalue weighted by atomic mass is 10.1. The molecule has 1 aromatic heterocycles. The third-order valence-corrected chi connectivity index (χ3v) is 6.22. The lowest BCUT2D eigenvalue weighted by Crippen LogP contribution is -2.37. The Balaban J connectivity index is 1.51. The van der Waals surface area contributed by atoms with E-state index in [2.05, 4.69) is 37.5 Å². The van der Waals surface area contributed by atoms with E-state index in [1.165, 1.54) is 19.3 Å². The number of carbonyl (C=O) groups excluding carboxylic acids is 1. The second kappa shape index (κ2) is 9.73. The summed E-state index contributed by atoms with van der Waals surface area (Å²) in [4.78, 5) is 14.9. The fraction of sp³-hybridized carbons (Fsp3) is 0.320. The van der Waals surface area contributed by atoms with Crippen LogP contribution in [0, 0.1) is 0 Å². The van der Waals surface area contributed by atoms with Gasteiger partial charge in [-0.3, -0.25) is 4.79 Å². The van der Waals surface area contributed by atoms with Crippen LogP contribution in [0.15, 0.2) is 65.3 Å². The maximum absolute atomic E-state index is 12.5. The second-order valence-electron chi connectivity index (χ2n) is 7.97. The number of benzene rings is 2. The van der Waals surface area contributed by atoms with Crippen molar-refractivity contribution < 1.29 is 9.90 Å². The quantitative estimate of drug-likeness (QED) is 0.386. The highest BCUT2D eigenvalue weighted by Crippen LogP contribution is 2.23. The Kier molecular flexibility index (Phi) is 6.82. The molecule has 4 rings (SSSR count). The van der Waals surface area contributed by atoms with Crippen LogP contribution in [0.2, 0.25) is 0 Å². The normalized spacial score (nSPS) is 16.3. The number of hydrogen-bond donors (Lipinski definition) is 1. The van der Waals surface area contributed by atoms with Crippen LogP contribution < -0.4 is 0 Å². The van der Waals surface area contributed by atoms with E-state index in [-0.39, 0.29) is 5.78 Å². The van der Waals surface area contributed by atoms with E-state index >= 15 is 0 Å². The molecule has 4 nitrogen and oxygen atoms in total. The molecule has 0 saturated carbocycles. The summed E-state index contributed by atoms with van der Waals surface area (Å²) >= 11 is 3.40. The third kappa shape index (κ3) is 5.09. The number of carbonyl (C=O) groups is 1. The Labute approximate surface area is 185 Å². The summed E-state index contributed by atoms with van der Waals surface area (Å²) in [5.41, 5.74) is 2.72. The van der Waals surface area contributed by atoms with Crippen molar-refractivity contribution in [1.29, 1.82) is 0 Å². The van der Waals surface area contributed by atoms with E-state index < -0.39 is 6.10 Å². The smallest absolute Gasteiger partial charge is 0.185 e. The molecule has 2 heterocycles. The number of aliphatic hydroxyl groups is 1. The van der Waals surface area contributed by atoms with E-state index in [9.17, 15) is 9.90 Å². The molecule has 3 aromatic rings. The number of ketones is 1. The van der Waals surface area contributed by atoms with Crippen molar-refractivity contribution in [3.63, 3.8) is 0 Å². The number of likely N-dealkylation sites (tertiary alicyclic amines) is 1.